The smallest absolute Gasteiger partial charge is 0.313 e. The van der Waals surface area contributed by atoms with Crippen molar-refractivity contribution in [3.63, 3.8) is 0 Å². The van der Waals surface area contributed by atoms with Crippen LogP contribution in [-0.4, -0.2) is 31.1 Å². The minimum Gasteiger partial charge on any atom is -0.454 e. The summed E-state index contributed by atoms with van der Waals surface area (Å²) in [4.78, 5) is 36.3. The molecule has 8 nitrogen and oxygen atoms in total. The van der Waals surface area contributed by atoms with E-state index >= 15 is 0 Å². The molecule has 0 spiro atoms. The van der Waals surface area contributed by atoms with Gasteiger partial charge in [-0.25, -0.2) is 0 Å². The lowest BCUT2D eigenvalue weighted by molar-refractivity contribution is -0.136. The van der Waals surface area contributed by atoms with Gasteiger partial charge in [0.1, 0.15) is 0 Å². The molecule has 28 heavy (non-hydrogen) atoms. The van der Waals surface area contributed by atoms with Crippen LogP contribution in [0.3, 0.4) is 0 Å². The molecule has 3 amide bonds. The van der Waals surface area contributed by atoms with Crippen LogP contribution in [0.5, 0.6) is 11.5 Å². The van der Waals surface area contributed by atoms with Crippen LogP contribution in [0.1, 0.15) is 29.3 Å². The van der Waals surface area contributed by atoms with E-state index in [2.05, 4.69) is 16.0 Å². The molecule has 0 radical (unpaired) electrons. The Labute approximate surface area is 162 Å². The Morgan fingerprint density at radius 3 is 2.57 bits per heavy atom. The van der Waals surface area contributed by atoms with Gasteiger partial charge in [0.2, 0.25) is 6.79 Å². The van der Waals surface area contributed by atoms with Gasteiger partial charge in [0, 0.05) is 13.1 Å². The number of ether oxygens (including phenoxy) is 2. The summed E-state index contributed by atoms with van der Waals surface area (Å²) in [6.07, 6.45) is 0.720. The quantitative estimate of drug-likeness (QED) is 0.660. The van der Waals surface area contributed by atoms with Gasteiger partial charge < -0.3 is 25.4 Å². The Kier molecular flexibility index (Phi) is 6.11. The molecule has 0 aromatic heterocycles. The lowest BCUT2D eigenvalue weighted by Crippen LogP contribution is -2.36. The molecule has 146 valence electrons. The molecule has 0 unspecified atom stereocenters. The molecular formula is C20H21N3O5. The van der Waals surface area contributed by atoms with E-state index in [1.54, 1.807) is 36.4 Å². The van der Waals surface area contributed by atoms with Crippen molar-refractivity contribution in [1.29, 1.82) is 0 Å². The number of anilines is 1. The van der Waals surface area contributed by atoms with Crippen LogP contribution < -0.4 is 25.4 Å². The van der Waals surface area contributed by atoms with Crippen molar-refractivity contribution in [3.8, 4) is 11.5 Å². The summed E-state index contributed by atoms with van der Waals surface area (Å²) in [5.41, 5.74) is 1.38. The van der Waals surface area contributed by atoms with E-state index in [-0.39, 0.29) is 30.5 Å². The number of amides is 3. The maximum absolute atomic E-state index is 12.6. The highest BCUT2D eigenvalue weighted by Crippen LogP contribution is 2.32. The number of hydrogen-bond acceptors (Lipinski definition) is 5. The summed E-state index contributed by atoms with van der Waals surface area (Å²) >= 11 is 0. The third kappa shape index (κ3) is 4.59. The van der Waals surface area contributed by atoms with Crippen molar-refractivity contribution < 1.29 is 23.9 Å². The van der Waals surface area contributed by atoms with Crippen LogP contribution in [0.15, 0.2) is 42.5 Å². The van der Waals surface area contributed by atoms with Gasteiger partial charge in [0.05, 0.1) is 11.3 Å². The fourth-order valence-electron chi connectivity index (χ4n) is 2.62. The monoisotopic (exact) mass is 383 g/mol. The van der Waals surface area contributed by atoms with Gasteiger partial charge in [-0.1, -0.05) is 25.1 Å². The van der Waals surface area contributed by atoms with Gasteiger partial charge in [-0.3, -0.25) is 14.4 Å². The van der Waals surface area contributed by atoms with E-state index in [4.69, 9.17) is 9.47 Å². The first-order valence-corrected chi connectivity index (χ1v) is 8.93. The van der Waals surface area contributed by atoms with Crippen LogP contribution in [-0.2, 0) is 16.1 Å². The topological polar surface area (TPSA) is 106 Å². The third-order valence-corrected chi connectivity index (χ3v) is 4.05. The summed E-state index contributed by atoms with van der Waals surface area (Å²) in [5, 5.41) is 7.77. The van der Waals surface area contributed by atoms with Gasteiger partial charge in [-0.05, 0) is 36.2 Å². The van der Waals surface area contributed by atoms with E-state index < -0.39 is 11.8 Å². The molecule has 1 heterocycles. The molecule has 2 aromatic carbocycles. The molecule has 0 fully saturated rings. The zero-order chi connectivity index (χ0) is 19.9. The lowest BCUT2D eigenvalue weighted by atomic mass is 10.1. The van der Waals surface area contributed by atoms with E-state index in [1.807, 2.05) is 13.0 Å². The molecule has 0 aliphatic carbocycles. The average molecular weight is 383 g/mol. The SMILES string of the molecule is CCCNC(=O)C(=O)Nc1ccccc1C(=O)NCc1ccc2c(c1)OCO2. The van der Waals surface area contributed by atoms with Gasteiger partial charge in [-0.15, -0.1) is 0 Å². The summed E-state index contributed by atoms with van der Waals surface area (Å²) in [6.45, 7) is 2.75. The molecule has 0 bridgehead atoms. The fourth-order valence-corrected chi connectivity index (χ4v) is 2.62. The molecule has 1 aliphatic heterocycles. The Morgan fingerprint density at radius 2 is 1.75 bits per heavy atom. The molecule has 2 aromatic rings. The van der Waals surface area contributed by atoms with E-state index in [9.17, 15) is 14.4 Å². The summed E-state index contributed by atoms with van der Waals surface area (Å²) in [7, 11) is 0. The predicted octanol–water partition coefficient (Wildman–Crippen LogP) is 1.81. The number of benzene rings is 2. The lowest BCUT2D eigenvalue weighted by Gasteiger charge is -2.11. The van der Waals surface area contributed by atoms with Gasteiger partial charge in [-0.2, -0.15) is 0 Å². The third-order valence-electron chi connectivity index (χ3n) is 4.05. The second-order valence-electron chi connectivity index (χ2n) is 6.13. The number of rotatable bonds is 6. The Hall–Kier alpha value is -3.55. The molecule has 0 atom stereocenters. The zero-order valence-corrected chi connectivity index (χ0v) is 15.4. The largest absolute Gasteiger partial charge is 0.454 e. The van der Waals surface area contributed by atoms with Crippen LogP contribution in [0.2, 0.25) is 0 Å². The van der Waals surface area contributed by atoms with Gasteiger partial charge in [0.25, 0.3) is 5.91 Å². The number of fused-ring (bicyclic) bond motifs is 1. The van der Waals surface area contributed by atoms with E-state index in [1.165, 1.54) is 0 Å². The highest BCUT2D eigenvalue weighted by molar-refractivity contribution is 6.40. The van der Waals surface area contributed by atoms with Crippen molar-refractivity contribution in [2.45, 2.75) is 19.9 Å². The summed E-state index contributed by atoms with van der Waals surface area (Å²) in [5.74, 6) is -0.619. The van der Waals surface area contributed by atoms with Crippen molar-refractivity contribution in [1.82, 2.24) is 10.6 Å². The number of nitrogens with one attached hydrogen (secondary N) is 3. The van der Waals surface area contributed by atoms with Crippen LogP contribution in [0.4, 0.5) is 5.69 Å². The van der Waals surface area contributed by atoms with Crippen LogP contribution in [0.25, 0.3) is 0 Å². The van der Waals surface area contributed by atoms with Crippen molar-refractivity contribution in [3.05, 3.63) is 53.6 Å². The van der Waals surface area contributed by atoms with E-state index in [0.717, 1.165) is 12.0 Å². The Morgan fingerprint density at radius 1 is 0.964 bits per heavy atom. The minimum absolute atomic E-state index is 0.185. The normalized spacial score (nSPS) is 11.6. The molecule has 0 saturated heterocycles. The first kappa shape index (κ1) is 19.2. The number of carbonyl (C=O) groups is 3. The maximum Gasteiger partial charge on any atom is 0.313 e. The Bertz CT molecular complexity index is 897. The number of hydrogen-bond donors (Lipinski definition) is 3. The highest BCUT2D eigenvalue weighted by Gasteiger charge is 2.18. The second-order valence-corrected chi connectivity index (χ2v) is 6.13. The number of carbonyl (C=O) groups excluding carboxylic acids is 3. The highest BCUT2D eigenvalue weighted by atomic mass is 16.7. The van der Waals surface area contributed by atoms with Gasteiger partial charge in [0.15, 0.2) is 11.5 Å². The van der Waals surface area contributed by atoms with E-state index in [0.29, 0.717) is 18.0 Å². The molecular weight excluding hydrogens is 362 g/mol. The molecule has 3 rings (SSSR count). The summed E-state index contributed by atoms with van der Waals surface area (Å²) < 4.78 is 10.6. The molecule has 1 aliphatic rings. The van der Waals surface area contributed by atoms with Crippen LogP contribution >= 0.6 is 0 Å². The number of para-hydroxylation sites is 1. The first-order chi connectivity index (χ1) is 13.6. The first-order valence-electron chi connectivity index (χ1n) is 8.93. The van der Waals surface area contributed by atoms with Crippen LogP contribution in [0, 0.1) is 0 Å². The molecule has 8 heteroatoms. The van der Waals surface area contributed by atoms with Crippen molar-refractivity contribution in [2.75, 3.05) is 18.7 Å². The summed E-state index contributed by atoms with van der Waals surface area (Å²) in [6, 6.07) is 11.9. The van der Waals surface area contributed by atoms with Gasteiger partial charge >= 0.3 is 11.8 Å². The van der Waals surface area contributed by atoms with Crippen molar-refractivity contribution >= 4 is 23.4 Å². The average Bonchev–Trinajstić information content (AvgIpc) is 3.18. The molecule has 0 saturated carbocycles. The second kappa shape index (κ2) is 8.90. The maximum atomic E-state index is 12.6. The predicted molar refractivity (Wildman–Crippen MR) is 102 cm³/mol. The zero-order valence-electron chi connectivity index (χ0n) is 15.4. The minimum atomic E-state index is -0.815. The standard InChI is InChI=1S/C20H21N3O5/c1-2-9-21-19(25)20(26)23-15-6-4-3-5-14(15)18(24)22-11-13-7-8-16-17(10-13)28-12-27-16/h3-8,10H,2,9,11-12H2,1H3,(H,21,25)(H,22,24)(H,23,26). The molecule has 3 N–H and O–H groups in total. The Balaban J connectivity index is 1.64. The fraction of sp³-hybridized carbons (Fsp3) is 0.250. The van der Waals surface area contributed by atoms with Crippen molar-refractivity contribution in [2.24, 2.45) is 0 Å².